The second-order valence-electron chi connectivity index (χ2n) is 5.21. The fourth-order valence-corrected chi connectivity index (χ4v) is 1.80. The predicted octanol–water partition coefficient (Wildman–Crippen LogP) is 1.92. The van der Waals surface area contributed by atoms with Crippen molar-refractivity contribution in [3.8, 4) is 0 Å². The molecule has 1 unspecified atom stereocenters. The molecule has 0 saturated heterocycles. The molecule has 1 atom stereocenters. The van der Waals surface area contributed by atoms with E-state index < -0.39 is 8.07 Å². The summed E-state index contributed by atoms with van der Waals surface area (Å²) in [6.45, 7) is 11.4. The number of aryl methyl sites for hydroxylation is 1. The van der Waals surface area contributed by atoms with Crippen molar-refractivity contribution in [3.63, 3.8) is 0 Å². The van der Waals surface area contributed by atoms with Crippen molar-refractivity contribution in [1.82, 2.24) is 9.55 Å². The first kappa shape index (κ1) is 13.4. The van der Waals surface area contributed by atoms with Gasteiger partial charge in [0, 0.05) is 11.9 Å². The van der Waals surface area contributed by atoms with Crippen molar-refractivity contribution in [2.45, 2.75) is 52.6 Å². The molecule has 0 fully saturated rings. The number of nitrogens with zero attached hydrogens (tertiary/aromatic N) is 2. The fraction of sp³-hybridized carbons (Fsp3) is 0.727. The Kier molecular flexibility index (Phi) is 4.29. The standard InChI is InChI=1S/C11H22N2O2Si/c1-9-12-11(7-14)6-13(9)8-15-10(2)16(3,4)5/h6,10,14H,7-8H2,1-5H3. The van der Waals surface area contributed by atoms with Gasteiger partial charge >= 0.3 is 0 Å². The third-order valence-electron chi connectivity index (χ3n) is 2.87. The van der Waals surface area contributed by atoms with Crippen LogP contribution in [-0.4, -0.2) is 28.5 Å². The lowest BCUT2D eigenvalue weighted by molar-refractivity contribution is 0.0553. The van der Waals surface area contributed by atoms with Crippen molar-refractivity contribution in [2.24, 2.45) is 0 Å². The lowest BCUT2D eigenvalue weighted by atomic mass is 10.5. The molecule has 4 nitrogen and oxygen atoms in total. The van der Waals surface area contributed by atoms with Crippen LogP contribution in [-0.2, 0) is 18.1 Å². The molecule has 1 rings (SSSR count). The van der Waals surface area contributed by atoms with Crippen LogP contribution >= 0.6 is 0 Å². The lowest BCUT2D eigenvalue weighted by Crippen LogP contribution is -2.38. The van der Waals surface area contributed by atoms with E-state index in [1.807, 2.05) is 17.7 Å². The quantitative estimate of drug-likeness (QED) is 0.803. The molecule has 0 bridgehead atoms. The van der Waals surface area contributed by atoms with Gasteiger partial charge in [0.25, 0.3) is 0 Å². The van der Waals surface area contributed by atoms with E-state index in [-0.39, 0.29) is 6.61 Å². The lowest BCUT2D eigenvalue weighted by Gasteiger charge is -2.25. The van der Waals surface area contributed by atoms with Crippen LogP contribution in [0.5, 0.6) is 0 Å². The maximum atomic E-state index is 8.97. The minimum Gasteiger partial charge on any atom is -0.390 e. The van der Waals surface area contributed by atoms with Crippen molar-refractivity contribution < 1.29 is 9.84 Å². The highest BCUT2D eigenvalue weighted by Gasteiger charge is 2.23. The molecule has 16 heavy (non-hydrogen) atoms. The number of aliphatic hydroxyl groups is 1. The summed E-state index contributed by atoms with van der Waals surface area (Å²) in [6, 6.07) is 0. The highest BCUT2D eigenvalue weighted by atomic mass is 28.3. The van der Waals surface area contributed by atoms with Crippen LogP contribution in [0.4, 0.5) is 0 Å². The van der Waals surface area contributed by atoms with Crippen LogP contribution in [0.1, 0.15) is 18.4 Å². The summed E-state index contributed by atoms with van der Waals surface area (Å²) in [7, 11) is -1.24. The number of hydrogen-bond acceptors (Lipinski definition) is 3. The van der Waals surface area contributed by atoms with Crippen molar-refractivity contribution in [3.05, 3.63) is 17.7 Å². The fourth-order valence-electron chi connectivity index (χ4n) is 1.22. The first-order valence-electron chi connectivity index (χ1n) is 5.59. The summed E-state index contributed by atoms with van der Waals surface area (Å²) in [6.07, 6.45) is 1.84. The number of hydrogen-bond donors (Lipinski definition) is 1. The van der Waals surface area contributed by atoms with E-state index >= 15 is 0 Å². The molecule has 0 saturated carbocycles. The van der Waals surface area contributed by atoms with E-state index in [1.165, 1.54) is 0 Å². The largest absolute Gasteiger partial charge is 0.390 e. The second-order valence-corrected chi connectivity index (χ2v) is 10.8. The molecule has 0 aromatic carbocycles. The van der Waals surface area contributed by atoms with E-state index in [2.05, 4.69) is 31.5 Å². The molecule has 0 aliphatic heterocycles. The van der Waals surface area contributed by atoms with Gasteiger partial charge in [-0.1, -0.05) is 19.6 Å². The first-order valence-corrected chi connectivity index (χ1v) is 9.17. The molecule has 1 aromatic heterocycles. The van der Waals surface area contributed by atoms with Gasteiger partial charge in [-0.25, -0.2) is 4.98 Å². The van der Waals surface area contributed by atoms with Gasteiger partial charge < -0.3 is 14.4 Å². The number of aromatic nitrogens is 2. The summed E-state index contributed by atoms with van der Waals surface area (Å²) in [5.41, 5.74) is 1.01. The van der Waals surface area contributed by atoms with E-state index in [0.717, 1.165) is 5.82 Å². The van der Waals surface area contributed by atoms with E-state index in [4.69, 9.17) is 9.84 Å². The molecule has 0 aliphatic carbocycles. The Balaban J connectivity index is 2.57. The number of imidazole rings is 1. The average molecular weight is 242 g/mol. The molecular formula is C11H22N2O2Si. The molecule has 5 heteroatoms. The summed E-state index contributed by atoms with van der Waals surface area (Å²) < 4.78 is 7.77. The molecule has 0 amide bonds. The molecule has 1 heterocycles. The van der Waals surface area contributed by atoms with E-state index in [1.54, 1.807) is 0 Å². The summed E-state index contributed by atoms with van der Waals surface area (Å²) >= 11 is 0. The zero-order chi connectivity index (χ0) is 12.3. The van der Waals surface area contributed by atoms with Gasteiger partial charge in [-0.2, -0.15) is 0 Å². The van der Waals surface area contributed by atoms with Crippen molar-refractivity contribution in [1.29, 1.82) is 0 Å². The van der Waals surface area contributed by atoms with Crippen LogP contribution in [0.15, 0.2) is 6.20 Å². The summed E-state index contributed by atoms with van der Waals surface area (Å²) in [5, 5.41) is 8.97. The maximum Gasteiger partial charge on any atom is 0.123 e. The van der Waals surface area contributed by atoms with Crippen LogP contribution in [0, 0.1) is 6.92 Å². The number of ether oxygens (including phenoxy) is 1. The maximum absolute atomic E-state index is 8.97. The Morgan fingerprint density at radius 3 is 2.56 bits per heavy atom. The van der Waals surface area contributed by atoms with Crippen LogP contribution < -0.4 is 0 Å². The monoisotopic (exact) mass is 242 g/mol. The van der Waals surface area contributed by atoms with Crippen LogP contribution in [0.25, 0.3) is 0 Å². The van der Waals surface area contributed by atoms with E-state index in [9.17, 15) is 0 Å². The molecule has 0 spiro atoms. The van der Waals surface area contributed by atoms with Gasteiger partial charge in [0.1, 0.15) is 12.6 Å². The minimum absolute atomic E-state index is 0.0165. The molecule has 0 radical (unpaired) electrons. The summed E-state index contributed by atoms with van der Waals surface area (Å²) in [5.74, 6) is 0.881. The number of rotatable bonds is 5. The van der Waals surface area contributed by atoms with Gasteiger partial charge in [0.05, 0.1) is 20.4 Å². The molecule has 1 aromatic rings. The first-order chi connectivity index (χ1) is 7.34. The van der Waals surface area contributed by atoms with Crippen molar-refractivity contribution in [2.75, 3.05) is 0 Å². The Bertz CT molecular complexity index is 344. The predicted molar refractivity (Wildman–Crippen MR) is 66.8 cm³/mol. The Labute approximate surface area is 98.3 Å². The minimum atomic E-state index is -1.24. The highest BCUT2D eigenvalue weighted by molar-refractivity contribution is 6.77. The Hall–Kier alpha value is -0.653. The van der Waals surface area contributed by atoms with Crippen LogP contribution in [0.2, 0.25) is 19.6 Å². The second kappa shape index (κ2) is 5.12. The normalized spacial score (nSPS) is 14.1. The van der Waals surface area contributed by atoms with Crippen LogP contribution in [0.3, 0.4) is 0 Å². The van der Waals surface area contributed by atoms with Gasteiger partial charge in [-0.3, -0.25) is 0 Å². The van der Waals surface area contributed by atoms with Gasteiger partial charge in [0.15, 0.2) is 0 Å². The molecule has 92 valence electrons. The zero-order valence-corrected chi connectivity index (χ0v) is 11.8. The third-order valence-corrected chi connectivity index (χ3v) is 5.48. The zero-order valence-electron chi connectivity index (χ0n) is 10.8. The van der Waals surface area contributed by atoms with E-state index in [0.29, 0.717) is 18.2 Å². The smallest absolute Gasteiger partial charge is 0.123 e. The van der Waals surface area contributed by atoms with Gasteiger partial charge in [-0.05, 0) is 13.8 Å². The molecular weight excluding hydrogens is 220 g/mol. The summed E-state index contributed by atoms with van der Waals surface area (Å²) in [4.78, 5) is 4.21. The SMILES string of the molecule is Cc1nc(CO)cn1COC(C)[Si](C)(C)C. The topological polar surface area (TPSA) is 47.3 Å². The highest BCUT2D eigenvalue weighted by Crippen LogP contribution is 2.12. The van der Waals surface area contributed by atoms with Gasteiger partial charge in [0.2, 0.25) is 0 Å². The Morgan fingerprint density at radius 2 is 2.12 bits per heavy atom. The Morgan fingerprint density at radius 1 is 1.50 bits per heavy atom. The number of aliphatic hydroxyl groups excluding tert-OH is 1. The van der Waals surface area contributed by atoms with Crippen molar-refractivity contribution >= 4 is 8.07 Å². The van der Waals surface area contributed by atoms with Gasteiger partial charge in [-0.15, -0.1) is 0 Å². The molecule has 1 N–H and O–H groups in total. The molecule has 0 aliphatic rings. The third kappa shape index (κ3) is 3.43. The average Bonchev–Trinajstić information content (AvgIpc) is 2.54.